The summed E-state index contributed by atoms with van der Waals surface area (Å²) in [6.07, 6.45) is 3.32. The fraction of sp³-hybridized carbons (Fsp3) is 0.455. The topological polar surface area (TPSA) is 102 Å². The Hall–Kier alpha value is -0.890. The van der Waals surface area contributed by atoms with Crippen LogP contribution in [0.4, 0.5) is 5.69 Å². The van der Waals surface area contributed by atoms with Crippen molar-refractivity contribution in [1.82, 2.24) is 4.98 Å². The molecule has 0 saturated heterocycles. The smallest absolute Gasteiger partial charge is 0.224 e. The Morgan fingerprint density at radius 1 is 1.40 bits per heavy atom. The molecule has 0 aliphatic heterocycles. The van der Waals surface area contributed by atoms with Crippen molar-refractivity contribution in [2.45, 2.75) is 30.8 Å². The molecule has 0 radical (unpaired) electrons. The van der Waals surface area contributed by atoms with Crippen LogP contribution in [0.1, 0.15) is 19.8 Å². The van der Waals surface area contributed by atoms with Gasteiger partial charge in [0, 0.05) is 18.7 Å². The first-order valence-electron chi connectivity index (χ1n) is 5.50. The zero-order chi connectivity index (χ0) is 13.8. The van der Waals surface area contributed by atoms with Gasteiger partial charge in [-0.2, -0.15) is 0 Å². The molecule has 1 aromatic rings. The minimum atomic E-state index is -3.31. The maximum Gasteiger partial charge on any atom is 0.224 e. The molecule has 9 heteroatoms. The van der Waals surface area contributed by atoms with Crippen molar-refractivity contribution >= 4 is 46.2 Å². The largest absolute Gasteiger partial charge is 0.328 e. The first-order valence-corrected chi connectivity index (χ1v) is 7.39. The molecule has 0 spiro atoms. The van der Waals surface area contributed by atoms with E-state index in [4.69, 9.17) is 5.73 Å². The van der Waals surface area contributed by atoms with Crippen LogP contribution in [-0.4, -0.2) is 31.6 Å². The number of nitrogens with one attached hydrogen (secondary N) is 1. The molecule has 3 N–H and O–H groups in total. The van der Waals surface area contributed by atoms with Crippen molar-refractivity contribution < 1.29 is 13.2 Å². The first kappa shape index (κ1) is 21.4. The van der Waals surface area contributed by atoms with Gasteiger partial charge in [-0.05, 0) is 25.5 Å². The molecule has 0 aliphatic carbocycles. The van der Waals surface area contributed by atoms with E-state index in [1.165, 1.54) is 18.3 Å². The minimum Gasteiger partial charge on any atom is -0.328 e. The number of halogens is 2. The van der Waals surface area contributed by atoms with E-state index in [0.29, 0.717) is 18.5 Å². The number of aromatic nitrogens is 1. The van der Waals surface area contributed by atoms with Gasteiger partial charge >= 0.3 is 0 Å². The molecule has 1 atom stereocenters. The molecule has 1 aromatic heterocycles. The zero-order valence-corrected chi connectivity index (χ0v) is 13.6. The van der Waals surface area contributed by atoms with E-state index in [1.54, 1.807) is 0 Å². The maximum atomic E-state index is 11.5. The summed E-state index contributed by atoms with van der Waals surface area (Å²) in [5.74, 6) is -0.166. The fourth-order valence-electron chi connectivity index (χ4n) is 1.26. The van der Waals surface area contributed by atoms with Crippen LogP contribution in [0, 0.1) is 0 Å². The number of carbonyl (C=O) groups excluding carboxylic acids is 1. The molecule has 0 bridgehead atoms. The second-order valence-electron chi connectivity index (χ2n) is 4.22. The van der Waals surface area contributed by atoms with Gasteiger partial charge in [-0.3, -0.25) is 4.79 Å². The van der Waals surface area contributed by atoms with Gasteiger partial charge in [-0.25, -0.2) is 13.4 Å². The highest BCUT2D eigenvalue weighted by Crippen LogP contribution is 2.10. The van der Waals surface area contributed by atoms with Gasteiger partial charge in [-0.1, -0.05) is 0 Å². The molecule has 0 saturated carbocycles. The highest BCUT2D eigenvalue weighted by atomic mass is 35.5. The lowest BCUT2D eigenvalue weighted by Gasteiger charge is -2.07. The Kier molecular flexibility index (Phi) is 9.76. The molecule has 1 heterocycles. The molecule has 1 amide bonds. The van der Waals surface area contributed by atoms with Gasteiger partial charge in [0.2, 0.25) is 5.91 Å². The van der Waals surface area contributed by atoms with Crippen LogP contribution < -0.4 is 11.1 Å². The summed E-state index contributed by atoms with van der Waals surface area (Å²) in [6, 6.07) is 2.84. The maximum absolute atomic E-state index is 11.5. The third kappa shape index (κ3) is 7.64. The van der Waals surface area contributed by atoms with Crippen molar-refractivity contribution in [2.75, 3.05) is 11.6 Å². The van der Waals surface area contributed by atoms with E-state index >= 15 is 0 Å². The van der Waals surface area contributed by atoms with Gasteiger partial charge in [0.25, 0.3) is 0 Å². The third-order valence-corrected chi connectivity index (χ3v) is 3.23. The molecular weight excluding hydrogens is 325 g/mol. The minimum absolute atomic E-state index is 0. The molecule has 1 rings (SSSR count). The normalized spacial score (nSPS) is 11.8. The van der Waals surface area contributed by atoms with E-state index in [2.05, 4.69) is 10.3 Å². The molecular formula is C11H19Cl2N3O3S. The SMILES string of the molecule is CC(N)CCC(=O)Nc1ccc(S(C)(=O)=O)nc1.Cl.Cl. The summed E-state index contributed by atoms with van der Waals surface area (Å²) in [5.41, 5.74) is 6.01. The Labute approximate surface area is 131 Å². The number of pyridine rings is 1. The number of hydrogen-bond acceptors (Lipinski definition) is 5. The van der Waals surface area contributed by atoms with Crippen molar-refractivity contribution in [3.8, 4) is 0 Å². The van der Waals surface area contributed by atoms with Crippen LogP contribution in [0.5, 0.6) is 0 Å². The van der Waals surface area contributed by atoms with Crippen LogP contribution in [0.25, 0.3) is 0 Å². The quantitative estimate of drug-likeness (QED) is 0.840. The van der Waals surface area contributed by atoms with Crippen LogP contribution in [0.3, 0.4) is 0 Å². The van der Waals surface area contributed by atoms with E-state index in [0.717, 1.165) is 6.26 Å². The Morgan fingerprint density at radius 2 is 2.00 bits per heavy atom. The van der Waals surface area contributed by atoms with Crippen LogP contribution in [-0.2, 0) is 14.6 Å². The summed E-state index contributed by atoms with van der Waals surface area (Å²) in [6.45, 7) is 1.83. The Balaban J connectivity index is 0. The van der Waals surface area contributed by atoms with Crippen LogP contribution in [0.15, 0.2) is 23.4 Å². The lowest BCUT2D eigenvalue weighted by atomic mass is 10.2. The van der Waals surface area contributed by atoms with Gasteiger partial charge in [0.1, 0.15) is 0 Å². The number of amides is 1. The third-order valence-electron chi connectivity index (χ3n) is 2.23. The molecule has 6 nitrogen and oxygen atoms in total. The zero-order valence-electron chi connectivity index (χ0n) is 11.2. The second-order valence-corrected chi connectivity index (χ2v) is 6.18. The number of nitrogens with zero attached hydrogens (tertiary/aromatic N) is 1. The summed E-state index contributed by atoms with van der Waals surface area (Å²) in [7, 11) is -3.31. The van der Waals surface area contributed by atoms with Gasteiger partial charge < -0.3 is 11.1 Å². The number of nitrogens with two attached hydrogens (primary N) is 1. The standard InChI is InChI=1S/C11H17N3O3S.2ClH/c1-8(12)3-5-10(15)14-9-4-6-11(13-7-9)18(2,16)17;;/h4,6-8H,3,5,12H2,1-2H3,(H,14,15);2*1H. The van der Waals surface area contributed by atoms with Crippen molar-refractivity contribution in [1.29, 1.82) is 0 Å². The van der Waals surface area contributed by atoms with E-state index < -0.39 is 9.84 Å². The molecule has 20 heavy (non-hydrogen) atoms. The Bertz CT molecular complexity index is 518. The van der Waals surface area contributed by atoms with Crippen LogP contribution in [0.2, 0.25) is 0 Å². The average molecular weight is 344 g/mol. The second kappa shape index (κ2) is 9.12. The van der Waals surface area contributed by atoms with Gasteiger partial charge in [0.05, 0.1) is 11.9 Å². The number of sulfone groups is 1. The number of hydrogen-bond donors (Lipinski definition) is 2. The fourth-order valence-corrected chi connectivity index (χ4v) is 1.82. The van der Waals surface area contributed by atoms with Gasteiger partial charge in [-0.15, -0.1) is 24.8 Å². The number of rotatable bonds is 5. The number of carbonyl (C=O) groups is 1. The monoisotopic (exact) mass is 343 g/mol. The van der Waals surface area contributed by atoms with Gasteiger partial charge in [0.15, 0.2) is 14.9 Å². The molecule has 116 valence electrons. The van der Waals surface area contributed by atoms with Crippen molar-refractivity contribution in [3.63, 3.8) is 0 Å². The summed E-state index contributed by atoms with van der Waals surface area (Å²) in [5, 5.41) is 2.61. The summed E-state index contributed by atoms with van der Waals surface area (Å²) < 4.78 is 22.4. The highest BCUT2D eigenvalue weighted by molar-refractivity contribution is 7.90. The predicted molar refractivity (Wildman–Crippen MR) is 83.4 cm³/mol. The highest BCUT2D eigenvalue weighted by Gasteiger charge is 2.09. The van der Waals surface area contributed by atoms with Crippen molar-refractivity contribution in [2.24, 2.45) is 5.73 Å². The molecule has 1 unspecified atom stereocenters. The molecule has 0 fully saturated rings. The van der Waals surface area contributed by atoms with E-state index in [-0.39, 0.29) is 41.8 Å². The molecule has 0 aliphatic rings. The Morgan fingerprint density at radius 3 is 2.40 bits per heavy atom. The lowest BCUT2D eigenvalue weighted by molar-refractivity contribution is -0.116. The molecule has 0 aromatic carbocycles. The summed E-state index contributed by atoms with van der Waals surface area (Å²) in [4.78, 5) is 15.3. The summed E-state index contributed by atoms with van der Waals surface area (Å²) >= 11 is 0. The van der Waals surface area contributed by atoms with Crippen LogP contribution >= 0.6 is 24.8 Å². The average Bonchev–Trinajstić information content (AvgIpc) is 2.26. The van der Waals surface area contributed by atoms with Crippen molar-refractivity contribution in [3.05, 3.63) is 18.3 Å². The van der Waals surface area contributed by atoms with E-state index in [9.17, 15) is 13.2 Å². The first-order chi connectivity index (χ1) is 8.29. The van der Waals surface area contributed by atoms with E-state index in [1.807, 2.05) is 6.92 Å². The number of anilines is 1. The predicted octanol–water partition coefficient (Wildman–Crippen LogP) is 1.39. The lowest BCUT2D eigenvalue weighted by Crippen LogP contribution is -2.19.